The van der Waals surface area contributed by atoms with Crippen LogP contribution in [0.2, 0.25) is 0 Å². The van der Waals surface area contributed by atoms with Crippen molar-refractivity contribution < 1.29 is 17.9 Å². The fraction of sp³-hybridized carbons (Fsp3) is 0.143. The third-order valence-electron chi connectivity index (χ3n) is 4.09. The van der Waals surface area contributed by atoms with Crippen LogP contribution in [0.1, 0.15) is 6.92 Å². The van der Waals surface area contributed by atoms with Gasteiger partial charge in [0.2, 0.25) is 0 Å². The Bertz CT molecular complexity index is 789. The lowest BCUT2D eigenvalue weighted by atomic mass is 10.4. The van der Waals surface area contributed by atoms with Crippen molar-refractivity contribution in [2.24, 2.45) is 0 Å². The van der Waals surface area contributed by atoms with Crippen molar-refractivity contribution in [1.82, 2.24) is 0 Å². The summed E-state index contributed by atoms with van der Waals surface area (Å²) in [5.74, 6) is 0. The fourth-order valence-corrected chi connectivity index (χ4v) is 8.80. The summed E-state index contributed by atoms with van der Waals surface area (Å²) in [5, 5.41) is 2.83. The first-order chi connectivity index (χ1) is 13.1. The number of phosphoric ester groups is 1. The van der Waals surface area contributed by atoms with Crippen molar-refractivity contribution in [2.45, 2.75) is 6.92 Å². The van der Waals surface area contributed by atoms with E-state index in [0.717, 1.165) is 15.9 Å². The number of hydrogen-bond donors (Lipinski definition) is 0. The third kappa shape index (κ3) is 4.21. The van der Waals surface area contributed by atoms with Gasteiger partial charge < -0.3 is 0 Å². The van der Waals surface area contributed by atoms with Crippen LogP contribution in [0.25, 0.3) is 0 Å². The predicted octanol–water partition coefficient (Wildman–Crippen LogP) is 4.70. The monoisotopic (exact) mass is 401 g/mol. The van der Waals surface area contributed by atoms with Crippen molar-refractivity contribution in [1.29, 1.82) is 0 Å². The molecule has 0 radical (unpaired) electrons. The smallest absolute Gasteiger partial charge is 0.288 e. The van der Waals surface area contributed by atoms with Crippen molar-refractivity contribution in [3.63, 3.8) is 0 Å². The van der Waals surface area contributed by atoms with Crippen LogP contribution in [-0.2, 0) is 17.9 Å². The topological polar surface area (TPSA) is 44.8 Å². The predicted molar refractivity (Wildman–Crippen MR) is 112 cm³/mol. The maximum atomic E-state index is 13.3. The largest absolute Gasteiger partial charge is 0.509 e. The summed E-state index contributed by atoms with van der Waals surface area (Å²) in [4.78, 5) is 0. The van der Waals surface area contributed by atoms with Crippen LogP contribution < -0.4 is 15.9 Å². The normalized spacial score (nSPS) is 13.9. The highest BCUT2D eigenvalue weighted by Gasteiger charge is 2.54. The van der Waals surface area contributed by atoms with Gasteiger partial charge in [-0.25, -0.2) is 4.57 Å². The lowest BCUT2D eigenvalue weighted by Crippen LogP contribution is -2.32. The number of benzene rings is 3. The van der Waals surface area contributed by atoms with E-state index < -0.39 is 15.3 Å². The maximum absolute atomic E-state index is 13.3. The van der Waals surface area contributed by atoms with Gasteiger partial charge in [0.05, 0.1) is 6.61 Å². The van der Waals surface area contributed by atoms with E-state index in [4.69, 9.17) is 13.4 Å². The Morgan fingerprint density at radius 1 is 0.741 bits per heavy atom. The van der Waals surface area contributed by atoms with Gasteiger partial charge in [0, 0.05) is 7.11 Å². The van der Waals surface area contributed by atoms with E-state index in [2.05, 4.69) is 0 Å². The second-order valence-electron chi connectivity index (χ2n) is 5.75. The van der Waals surface area contributed by atoms with E-state index in [-0.39, 0.29) is 6.61 Å². The molecule has 4 nitrogen and oxygen atoms in total. The Balaban J connectivity index is 2.31. The second-order valence-corrected chi connectivity index (χ2v) is 10.7. The summed E-state index contributed by atoms with van der Waals surface area (Å²) >= 11 is 0. The summed E-state index contributed by atoms with van der Waals surface area (Å²) in [7, 11) is -5.15. The van der Waals surface area contributed by atoms with Gasteiger partial charge in [0.1, 0.15) is 15.9 Å². The molecule has 0 aliphatic rings. The lowest BCUT2D eigenvalue weighted by Gasteiger charge is -2.27. The highest BCUT2D eigenvalue weighted by Crippen LogP contribution is 2.69. The molecule has 3 aromatic carbocycles. The molecule has 6 heteroatoms. The molecule has 0 saturated carbocycles. The van der Waals surface area contributed by atoms with Gasteiger partial charge in [-0.15, -0.1) is 4.31 Å². The minimum absolute atomic E-state index is 0.226. The molecule has 0 amide bonds. The molecule has 0 heterocycles. The molecule has 3 aromatic rings. The minimum Gasteiger partial charge on any atom is -0.288 e. The van der Waals surface area contributed by atoms with Gasteiger partial charge >= 0.3 is 7.82 Å². The van der Waals surface area contributed by atoms with E-state index in [0.29, 0.717) is 0 Å². The van der Waals surface area contributed by atoms with Gasteiger partial charge in [0.15, 0.2) is 0 Å². The summed E-state index contributed by atoms with van der Waals surface area (Å²) in [6, 6.07) is 29.6. The number of phosphoric acid groups is 1. The van der Waals surface area contributed by atoms with E-state index in [1.54, 1.807) is 6.92 Å². The van der Waals surface area contributed by atoms with Crippen LogP contribution in [0, 0.1) is 0 Å². The van der Waals surface area contributed by atoms with Gasteiger partial charge in [0.25, 0.3) is 7.49 Å². The summed E-state index contributed by atoms with van der Waals surface area (Å²) in [6.07, 6.45) is 0. The number of hydrogen-bond acceptors (Lipinski definition) is 4. The molecule has 0 N–H and O–H groups in total. The molecular formula is C21H23O4P2+. The van der Waals surface area contributed by atoms with Crippen LogP contribution in [0.5, 0.6) is 0 Å². The Morgan fingerprint density at radius 2 is 1.11 bits per heavy atom. The first kappa shape index (κ1) is 19.9. The van der Waals surface area contributed by atoms with Crippen LogP contribution in [-0.4, -0.2) is 13.7 Å². The van der Waals surface area contributed by atoms with Gasteiger partial charge in [-0.3, -0.25) is 9.05 Å². The molecule has 3 rings (SSSR count). The molecule has 140 valence electrons. The molecular weight excluding hydrogens is 378 g/mol. The highest BCUT2D eigenvalue weighted by atomic mass is 31.3. The first-order valence-electron chi connectivity index (χ1n) is 8.72. The molecule has 0 aliphatic heterocycles. The molecule has 0 spiro atoms. The molecule has 27 heavy (non-hydrogen) atoms. The van der Waals surface area contributed by atoms with Crippen LogP contribution in [0.3, 0.4) is 0 Å². The molecule has 0 fully saturated rings. The quantitative estimate of drug-likeness (QED) is 0.513. The van der Waals surface area contributed by atoms with Crippen molar-refractivity contribution >= 4 is 31.2 Å². The molecule has 0 saturated heterocycles. The Kier molecular flexibility index (Phi) is 6.59. The fourth-order valence-electron chi connectivity index (χ4n) is 2.92. The third-order valence-corrected chi connectivity index (χ3v) is 9.97. The molecule has 0 aromatic heterocycles. The zero-order valence-corrected chi connectivity index (χ0v) is 17.2. The van der Waals surface area contributed by atoms with E-state index >= 15 is 0 Å². The summed E-state index contributed by atoms with van der Waals surface area (Å²) in [6.45, 7) is 1.99. The van der Waals surface area contributed by atoms with E-state index in [1.807, 2.05) is 91.0 Å². The summed E-state index contributed by atoms with van der Waals surface area (Å²) in [5.41, 5.74) is 0. The van der Waals surface area contributed by atoms with Crippen LogP contribution >= 0.6 is 15.3 Å². The summed E-state index contributed by atoms with van der Waals surface area (Å²) < 4.78 is 30.3. The van der Waals surface area contributed by atoms with Crippen LogP contribution in [0.15, 0.2) is 91.0 Å². The van der Waals surface area contributed by atoms with Crippen molar-refractivity contribution in [2.75, 3.05) is 13.7 Å². The highest BCUT2D eigenvalue weighted by molar-refractivity contribution is 7.94. The number of rotatable bonds is 8. The van der Waals surface area contributed by atoms with Gasteiger partial charge in [-0.05, 0) is 43.3 Å². The van der Waals surface area contributed by atoms with Crippen LogP contribution in [0.4, 0.5) is 0 Å². The standard InChI is InChI=1S/C21H23O4P2/c1-3-24-27(22,23-2)25-26(19-13-7-4-8-14-19,20-15-9-5-10-16-20)21-17-11-6-12-18-21/h4-18H,3H2,1-2H3/q+1. The Labute approximate surface area is 161 Å². The maximum Gasteiger partial charge on any atom is 0.509 e. The van der Waals surface area contributed by atoms with Gasteiger partial charge in [-0.1, -0.05) is 54.6 Å². The lowest BCUT2D eigenvalue weighted by molar-refractivity contribution is 0.192. The Morgan fingerprint density at radius 3 is 1.41 bits per heavy atom. The molecule has 0 aliphatic carbocycles. The molecule has 1 atom stereocenters. The first-order valence-corrected chi connectivity index (χ1v) is 11.9. The van der Waals surface area contributed by atoms with Crippen molar-refractivity contribution in [3.8, 4) is 0 Å². The van der Waals surface area contributed by atoms with Gasteiger partial charge in [-0.2, -0.15) is 0 Å². The molecule has 1 unspecified atom stereocenters. The zero-order valence-electron chi connectivity index (χ0n) is 15.4. The average molecular weight is 401 g/mol. The Hall–Kier alpha value is -1.80. The minimum atomic E-state index is -3.77. The van der Waals surface area contributed by atoms with Crippen molar-refractivity contribution in [3.05, 3.63) is 91.0 Å². The zero-order chi connectivity index (χ0) is 19.2. The van der Waals surface area contributed by atoms with E-state index in [1.165, 1.54) is 7.11 Å². The molecule has 0 bridgehead atoms. The second kappa shape index (κ2) is 8.93. The average Bonchev–Trinajstić information content (AvgIpc) is 2.74. The van der Waals surface area contributed by atoms with E-state index in [9.17, 15) is 4.57 Å². The SMILES string of the molecule is CCOP(=O)(OC)O[P+](c1ccccc1)(c1ccccc1)c1ccccc1.